The van der Waals surface area contributed by atoms with Gasteiger partial charge in [-0.1, -0.05) is 13.8 Å². The minimum atomic E-state index is -0.494. The second-order valence-corrected chi connectivity index (χ2v) is 5.80. The molecule has 1 heterocycles. The van der Waals surface area contributed by atoms with Crippen LogP contribution in [0.1, 0.15) is 30.8 Å². The molecule has 0 spiro atoms. The van der Waals surface area contributed by atoms with Crippen molar-refractivity contribution in [2.75, 3.05) is 6.54 Å². The number of nitrogens with zero attached hydrogens (tertiary/aromatic N) is 2. The van der Waals surface area contributed by atoms with Crippen LogP contribution in [0, 0.1) is 11.7 Å². The summed E-state index contributed by atoms with van der Waals surface area (Å²) in [6, 6.07) is 7.80. The molecule has 0 aliphatic rings. The molecule has 2 aromatic rings. The monoisotopic (exact) mass is 333 g/mol. The van der Waals surface area contributed by atoms with Gasteiger partial charge >= 0.3 is 0 Å². The Balaban J connectivity index is 2.11. The second-order valence-electron chi connectivity index (χ2n) is 5.80. The van der Waals surface area contributed by atoms with E-state index in [1.165, 1.54) is 36.4 Å². The van der Waals surface area contributed by atoms with Crippen LogP contribution in [-0.2, 0) is 0 Å². The average molecular weight is 333 g/mol. The fourth-order valence-electron chi connectivity index (χ4n) is 2.06. The number of aromatic nitrogens is 2. The smallest absolute Gasteiger partial charge is 0.271 e. The van der Waals surface area contributed by atoms with E-state index in [4.69, 9.17) is 0 Å². The van der Waals surface area contributed by atoms with Gasteiger partial charge in [-0.3, -0.25) is 9.59 Å². The van der Waals surface area contributed by atoms with Crippen molar-refractivity contribution in [1.29, 1.82) is 0 Å². The molecule has 0 aliphatic heterocycles. The maximum Gasteiger partial charge on any atom is 0.271 e. The van der Waals surface area contributed by atoms with Crippen LogP contribution in [0.25, 0.3) is 5.69 Å². The lowest BCUT2D eigenvalue weighted by molar-refractivity contribution is 0.0914. The topological polar surface area (TPSA) is 84.2 Å². The van der Waals surface area contributed by atoms with Gasteiger partial charge in [-0.15, -0.1) is 0 Å². The Hall–Kier alpha value is -2.54. The van der Waals surface area contributed by atoms with Gasteiger partial charge in [0, 0.05) is 12.6 Å². The highest BCUT2D eigenvalue weighted by Crippen LogP contribution is 2.06. The number of nitrogens with one attached hydrogen (secondary N) is 1. The maximum atomic E-state index is 13.0. The number of halogens is 1. The van der Waals surface area contributed by atoms with E-state index in [1.54, 1.807) is 0 Å². The minimum Gasteiger partial charge on any atom is -0.393 e. The fraction of sp³-hybridized carbons (Fsp3) is 0.353. The Morgan fingerprint density at radius 1 is 1.25 bits per heavy atom. The van der Waals surface area contributed by atoms with E-state index in [2.05, 4.69) is 10.4 Å². The van der Waals surface area contributed by atoms with Crippen LogP contribution in [-0.4, -0.2) is 33.4 Å². The lowest BCUT2D eigenvalue weighted by Crippen LogP contribution is -2.31. The molecule has 0 radical (unpaired) electrons. The molecule has 0 fully saturated rings. The number of hydrogen-bond donors (Lipinski definition) is 2. The van der Waals surface area contributed by atoms with Crippen LogP contribution in [0.5, 0.6) is 0 Å². The summed E-state index contributed by atoms with van der Waals surface area (Å²) in [7, 11) is 0. The van der Waals surface area contributed by atoms with Gasteiger partial charge in [0.1, 0.15) is 11.5 Å². The predicted octanol–water partition coefficient (Wildman–Crippen LogP) is 1.51. The molecule has 24 heavy (non-hydrogen) atoms. The first-order valence-corrected chi connectivity index (χ1v) is 7.71. The summed E-state index contributed by atoms with van der Waals surface area (Å²) in [4.78, 5) is 24.0. The summed E-state index contributed by atoms with van der Waals surface area (Å²) in [5, 5.41) is 16.4. The lowest BCUT2D eigenvalue weighted by Gasteiger charge is -2.14. The molecule has 7 heteroatoms. The van der Waals surface area contributed by atoms with Crippen LogP contribution < -0.4 is 10.9 Å². The molecule has 0 aliphatic carbocycles. The van der Waals surface area contributed by atoms with Gasteiger partial charge in [0.2, 0.25) is 0 Å². The Labute approximate surface area is 138 Å². The van der Waals surface area contributed by atoms with Gasteiger partial charge in [-0.25, -0.2) is 4.39 Å². The molecular formula is C17H20FN3O3. The van der Waals surface area contributed by atoms with E-state index >= 15 is 0 Å². The van der Waals surface area contributed by atoms with E-state index < -0.39 is 23.4 Å². The Morgan fingerprint density at radius 2 is 1.92 bits per heavy atom. The molecule has 0 saturated carbocycles. The van der Waals surface area contributed by atoms with E-state index in [9.17, 15) is 19.1 Å². The highest BCUT2D eigenvalue weighted by atomic mass is 19.1. The molecule has 6 nitrogen and oxygen atoms in total. The minimum absolute atomic E-state index is 0.0676. The van der Waals surface area contributed by atoms with Gasteiger partial charge < -0.3 is 10.4 Å². The van der Waals surface area contributed by atoms with Crippen molar-refractivity contribution in [1.82, 2.24) is 15.1 Å². The standard InChI is InChI=1S/C17H20FN3O3/c1-11(2)15(22)9-10-19-17(24)14-7-8-16(23)21(20-14)13-5-3-12(18)4-6-13/h3-8,11,15,22H,9-10H2,1-2H3,(H,19,24). The average Bonchev–Trinajstić information content (AvgIpc) is 2.55. The molecule has 128 valence electrons. The summed E-state index contributed by atoms with van der Waals surface area (Å²) in [5.41, 5.74) is 0.0117. The van der Waals surface area contributed by atoms with E-state index in [0.717, 1.165) is 4.68 Å². The Morgan fingerprint density at radius 3 is 2.54 bits per heavy atom. The molecule has 1 amide bonds. The number of aliphatic hydroxyl groups excluding tert-OH is 1. The van der Waals surface area contributed by atoms with Crippen molar-refractivity contribution in [2.24, 2.45) is 5.92 Å². The molecule has 0 saturated heterocycles. The van der Waals surface area contributed by atoms with Gasteiger partial charge in [0.25, 0.3) is 11.5 Å². The van der Waals surface area contributed by atoms with Crippen molar-refractivity contribution in [3.8, 4) is 5.69 Å². The summed E-state index contributed by atoms with van der Waals surface area (Å²) >= 11 is 0. The largest absolute Gasteiger partial charge is 0.393 e. The molecule has 0 bridgehead atoms. The molecule has 1 unspecified atom stereocenters. The third kappa shape index (κ3) is 4.48. The van der Waals surface area contributed by atoms with Crippen molar-refractivity contribution in [3.05, 3.63) is 58.3 Å². The quantitative estimate of drug-likeness (QED) is 0.839. The molecule has 1 aromatic carbocycles. The zero-order valence-electron chi connectivity index (χ0n) is 13.6. The van der Waals surface area contributed by atoms with Crippen molar-refractivity contribution >= 4 is 5.91 Å². The van der Waals surface area contributed by atoms with Crippen molar-refractivity contribution < 1.29 is 14.3 Å². The number of carbonyl (C=O) groups is 1. The van der Waals surface area contributed by atoms with Crippen molar-refractivity contribution in [2.45, 2.75) is 26.4 Å². The Bertz CT molecular complexity index is 756. The summed E-state index contributed by atoms with van der Waals surface area (Å²) < 4.78 is 14.0. The van der Waals surface area contributed by atoms with Crippen LogP contribution in [0.15, 0.2) is 41.2 Å². The third-order valence-corrected chi connectivity index (χ3v) is 3.60. The molecule has 1 aromatic heterocycles. The van der Waals surface area contributed by atoms with Crippen LogP contribution in [0.2, 0.25) is 0 Å². The summed E-state index contributed by atoms with van der Waals surface area (Å²) in [6.07, 6.45) is -0.0625. The number of carbonyl (C=O) groups excluding carboxylic acids is 1. The molecule has 2 rings (SSSR count). The molecule has 1 atom stereocenters. The highest BCUT2D eigenvalue weighted by molar-refractivity contribution is 5.92. The fourth-order valence-corrected chi connectivity index (χ4v) is 2.06. The SMILES string of the molecule is CC(C)C(O)CCNC(=O)c1ccc(=O)n(-c2ccc(F)cc2)n1. The number of rotatable bonds is 6. The molecule has 2 N–H and O–H groups in total. The second kappa shape index (κ2) is 7.83. The van der Waals surface area contributed by atoms with Gasteiger partial charge in [0.15, 0.2) is 0 Å². The first-order chi connectivity index (χ1) is 11.4. The van der Waals surface area contributed by atoms with E-state index in [0.29, 0.717) is 18.7 Å². The van der Waals surface area contributed by atoms with Gasteiger partial charge in [-0.2, -0.15) is 9.78 Å². The van der Waals surface area contributed by atoms with Crippen LogP contribution in [0.4, 0.5) is 4.39 Å². The van der Waals surface area contributed by atoms with E-state index in [1.807, 2.05) is 13.8 Å². The molecular weight excluding hydrogens is 313 g/mol. The first kappa shape index (κ1) is 17.8. The normalized spacial score (nSPS) is 12.2. The lowest BCUT2D eigenvalue weighted by atomic mass is 10.0. The maximum absolute atomic E-state index is 13.0. The summed E-state index contributed by atoms with van der Waals surface area (Å²) in [5.74, 6) is -0.758. The number of aliphatic hydroxyl groups is 1. The van der Waals surface area contributed by atoms with Crippen LogP contribution >= 0.6 is 0 Å². The predicted molar refractivity (Wildman–Crippen MR) is 87.6 cm³/mol. The van der Waals surface area contributed by atoms with Crippen LogP contribution in [0.3, 0.4) is 0 Å². The number of benzene rings is 1. The third-order valence-electron chi connectivity index (χ3n) is 3.60. The highest BCUT2D eigenvalue weighted by Gasteiger charge is 2.13. The zero-order valence-corrected chi connectivity index (χ0v) is 13.6. The number of hydrogen-bond acceptors (Lipinski definition) is 4. The summed E-state index contributed by atoms with van der Waals surface area (Å²) in [6.45, 7) is 4.09. The number of amides is 1. The van der Waals surface area contributed by atoms with Gasteiger partial charge in [-0.05, 0) is 42.7 Å². The zero-order chi connectivity index (χ0) is 17.7. The van der Waals surface area contributed by atoms with Crippen molar-refractivity contribution in [3.63, 3.8) is 0 Å². The van der Waals surface area contributed by atoms with Gasteiger partial charge in [0.05, 0.1) is 11.8 Å². The van der Waals surface area contributed by atoms with E-state index in [-0.39, 0.29) is 11.6 Å². The Kier molecular flexibility index (Phi) is 5.81. The first-order valence-electron chi connectivity index (χ1n) is 7.71.